The zero-order chi connectivity index (χ0) is 62.8. The van der Waals surface area contributed by atoms with E-state index in [2.05, 4.69) is 41.5 Å². The van der Waals surface area contributed by atoms with Crippen LogP contribution in [-0.4, -0.2) is 122 Å². The molecule has 2 saturated carbocycles. The van der Waals surface area contributed by atoms with Crippen LogP contribution in [0.1, 0.15) is 189 Å². The number of carbonyl (C=O) groups excluding carboxylic acids is 4. The summed E-state index contributed by atoms with van der Waals surface area (Å²) in [4.78, 5) is 74.5. The number of nitrogens with one attached hydrogen (secondary N) is 2. The number of ether oxygens (including phenoxy) is 4. The number of Topliss-reactive ketones (excluding diaryl/α,β-unsaturated/α-hetero) is 1. The van der Waals surface area contributed by atoms with Crippen molar-refractivity contribution in [3.8, 4) is 40.6 Å². The van der Waals surface area contributed by atoms with E-state index in [1.54, 1.807) is 36.4 Å². The second-order valence-electron chi connectivity index (χ2n) is 22.1. The maximum atomic E-state index is 13.8. The summed E-state index contributed by atoms with van der Waals surface area (Å²) in [5.41, 5.74) is 43.9. The molecular weight excluding hydrogens is 1110 g/mol. The number of amides is 3. The van der Waals surface area contributed by atoms with Gasteiger partial charge in [0.2, 0.25) is 0 Å². The Balaban J connectivity index is 1.07. The van der Waals surface area contributed by atoms with Crippen LogP contribution in [0, 0.1) is 17.9 Å². The molecule has 0 radical (unpaired) electrons. The lowest BCUT2D eigenvalue weighted by Crippen LogP contribution is -2.43. The average Bonchev–Trinajstić information content (AvgIpc) is 1.88. The molecule has 25 nitrogen and oxygen atoms in total. The van der Waals surface area contributed by atoms with Crippen molar-refractivity contribution in [1.29, 1.82) is 0 Å². The number of phenolic OH excluding ortho intramolecular Hbond substituents is 2. The molecule has 0 spiro atoms. The first-order chi connectivity index (χ1) is 41.9. The zero-order valence-corrected chi connectivity index (χ0v) is 50.4. The number of nitrogens with two attached hydrogens (primary N) is 8. The Morgan fingerprint density at radius 3 is 1.34 bits per heavy atom. The van der Waals surface area contributed by atoms with Gasteiger partial charge in [0.25, 0.3) is 17.9 Å². The predicted molar refractivity (Wildman–Crippen MR) is 339 cm³/mol. The maximum Gasteiger partial charge on any atom is 0.551 e. The number of benzene rings is 3. The molecule has 0 aromatic heterocycles. The van der Waals surface area contributed by atoms with Gasteiger partial charge in [-0.15, -0.1) is 0 Å². The summed E-state index contributed by atoms with van der Waals surface area (Å²) in [5, 5.41) is 27.6. The molecule has 2 aliphatic rings. The Morgan fingerprint density at radius 2 is 0.885 bits per heavy atom. The van der Waals surface area contributed by atoms with E-state index in [4.69, 9.17) is 64.8 Å². The van der Waals surface area contributed by atoms with Crippen LogP contribution in [0.5, 0.6) is 34.5 Å². The molecule has 3 aromatic carbocycles. The van der Waals surface area contributed by atoms with Crippen molar-refractivity contribution in [2.24, 2.45) is 77.7 Å². The van der Waals surface area contributed by atoms with Crippen molar-refractivity contribution in [1.82, 2.24) is 10.6 Å². The van der Waals surface area contributed by atoms with Crippen LogP contribution in [-0.2, 0) is 0 Å². The van der Waals surface area contributed by atoms with Gasteiger partial charge in [-0.05, 0) is 171 Å². The third-order valence-electron chi connectivity index (χ3n) is 15.1. The summed E-state index contributed by atoms with van der Waals surface area (Å²) in [6.45, 7) is 3.91. The summed E-state index contributed by atoms with van der Waals surface area (Å²) in [6, 6.07) is 15.1. The Labute approximate surface area is 510 Å². The first-order valence-corrected chi connectivity index (χ1v) is 30.7. The van der Waals surface area contributed by atoms with Gasteiger partial charge >= 0.3 is 5.91 Å². The first kappa shape index (κ1) is 69.1. The second kappa shape index (κ2) is 38.4. The van der Waals surface area contributed by atoms with Gasteiger partial charge in [-0.2, -0.15) is 4.79 Å². The number of ketones is 1. The van der Waals surface area contributed by atoms with E-state index in [0.717, 1.165) is 121 Å². The summed E-state index contributed by atoms with van der Waals surface area (Å²) >= 11 is 0. The van der Waals surface area contributed by atoms with Crippen LogP contribution in [0.15, 0.2) is 68.5 Å². The molecule has 2 fully saturated rings. The van der Waals surface area contributed by atoms with Gasteiger partial charge in [-0.3, -0.25) is 34.4 Å². The summed E-state index contributed by atoms with van der Waals surface area (Å²) < 4.78 is 24.3. The molecule has 0 aliphatic heterocycles. The minimum atomic E-state index is -0.789. The molecule has 476 valence electrons. The molecule has 0 bridgehead atoms. The Hall–Kier alpha value is -8.69. The number of aliphatic imine (C=N–C) groups is 4. The standard InChI is InChI=1S/C62H93N15O10/c63-59(64)71-28-5-1-9-32-84-45-24-26-47(54(36-45)86-34-11-3-7-30-73-61(67)68)51(78)15-13-14-41-16-18-42(19-17-41)40-75-56(81)49-38-50(53(80)39-52(49)79)58(83)77-44-22-20-43(21-23-44)76-57(82)48-27-25-46(85-33-10-2-6-29-72-60(65)66)37-55(48)87-35-12-4-8-31-74-62(69)70/h24-27,36-39,41-44H,1-23,28-35H2,(H19-,63,64,65,66,67,68,69,70,71,72,73,74,76,77,79,80,81,82,83)/p+1. The molecule has 2 aliphatic carbocycles. The largest absolute Gasteiger partial charge is 0.551 e. The predicted octanol–water partition coefficient (Wildman–Crippen LogP) is 6.19. The van der Waals surface area contributed by atoms with E-state index in [0.29, 0.717) is 131 Å². The third-order valence-corrected chi connectivity index (χ3v) is 15.1. The van der Waals surface area contributed by atoms with E-state index in [-0.39, 0.29) is 64.7 Å². The highest BCUT2D eigenvalue weighted by Crippen LogP contribution is 2.35. The second-order valence-corrected chi connectivity index (χ2v) is 22.1. The van der Waals surface area contributed by atoms with E-state index in [9.17, 15) is 29.4 Å². The van der Waals surface area contributed by atoms with Crippen LogP contribution >= 0.6 is 0 Å². The van der Waals surface area contributed by atoms with Crippen LogP contribution < -0.4 is 75.5 Å². The number of rotatable bonds is 38. The van der Waals surface area contributed by atoms with Gasteiger partial charge in [-0.25, -0.2) is 0 Å². The van der Waals surface area contributed by atoms with Crippen LogP contribution in [0.4, 0.5) is 0 Å². The molecule has 0 atom stereocenters. The number of unbranched alkanes of at least 4 members (excludes halogenated alkanes) is 8. The quantitative estimate of drug-likeness (QED) is 0.0132. The fourth-order valence-electron chi connectivity index (χ4n) is 10.3. The number of nitrogens with zero attached hydrogens (tertiary/aromatic N) is 5. The highest BCUT2D eigenvalue weighted by molar-refractivity contribution is 6.07. The van der Waals surface area contributed by atoms with Crippen LogP contribution in [0.25, 0.3) is 4.85 Å². The molecular formula is C62H94N15O10+. The molecule has 0 unspecified atom stereocenters. The topological polar surface area (TPSA) is 432 Å². The highest BCUT2D eigenvalue weighted by Gasteiger charge is 2.30. The number of phenols is 2. The first-order valence-electron chi connectivity index (χ1n) is 30.7. The highest BCUT2D eigenvalue weighted by atomic mass is 16.5. The van der Waals surface area contributed by atoms with Gasteiger partial charge in [0.15, 0.2) is 35.2 Å². The summed E-state index contributed by atoms with van der Waals surface area (Å²) in [6.07, 6.45) is 17.1. The number of hydrogen-bond donors (Lipinski definition) is 12. The average molecular weight is 1210 g/mol. The van der Waals surface area contributed by atoms with Gasteiger partial charge in [0.1, 0.15) is 34.5 Å². The van der Waals surface area contributed by atoms with Crippen molar-refractivity contribution >= 4 is 47.3 Å². The normalized spacial score (nSPS) is 16.1. The molecule has 0 saturated heterocycles. The third kappa shape index (κ3) is 26.6. The summed E-state index contributed by atoms with van der Waals surface area (Å²) in [7, 11) is 0. The van der Waals surface area contributed by atoms with Crippen molar-refractivity contribution in [2.75, 3.05) is 52.6 Å². The molecule has 5 rings (SSSR count). The van der Waals surface area contributed by atoms with Crippen LogP contribution in [0.2, 0.25) is 0 Å². The molecule has 3 aromatic rings. The van der Waals surface area contributed by atoms with Crippen molar-refractivity contribution in [2.45, 2.75) is 160 Å². The SMILES string of the molecule is NC(N)=NCCCCCOc1ccc(C(=O)CCCC2CCC(C#[N+]C(=O)c3cc(C(=O)NC4CCC(NC(=O)c5ccc(OCCCCCN=C(N)N)cc5OCCCCCN=C(N)N)CC4)c(O)cc3O)CC2)c(OCCCCCN=C(N)N)c1. The molecule has 25 heteroatoms. The molecule has 0 heterocycles. The smallest absolute Gasteiger partial charge is 0.507 e. The lowest BCUT2D eigenvalue weighted by Gasteiger charge is -2.30. The van der Waals surface area contributed by atoms with Gasteiger partial charge in [0.05, 0.1) is 49.0 Å². The number of guanidine groups is 4. The van der Waals surface area contributed by atoms with E-state index in [1.807, 2.05) is 0 Å². The number of carbonyl (C=O) groups is 4. The monoisotopic (exact) mass is 1210 g/mol. The number of hydrogen-bond acceptors (Lipinski definition) is 14. The Kier molecular flexibility index (Phi) is 30.5. The van der Waals surface area contributed by atoms with Crippen molar-refractivity contribution in [3.63, 3.8) is 0 Å². The Bertz CT molecular complexity index is 2860. The van der Waals surface area contributed by atoms with Crippen LogP contribution in [0.3, 0.4) is 0 Å². The lowest BCUT2D eigenvalue weighted by molar-refractivity contribution is 0.0887. The van der Waals surface area contributed by atoms with E-state index < -0.39 is 23.3 Å². The lowest BCUT2D eigenvalue weighted by atomic mass is 9.80. The fourth-order valence-corrected chi connectivity index (χ4v) is 10.3. The molecule has 20 N–H and O–H groups in total. The summed E-state index contributed by atoms with van der Waals surface area (Å²) in [5.74, 6) is -0.0797. The van der Waals surface area contributed by atoms with Gasteiger partial charge < -0.3 is 85.7 Å². The van der Waals surface area contributed by atoms with E-state index in [1.165, 1.54) is 0 Å². The number of aromatic hydroxyl groups is 2. The van der Waals surface area contributed by atoms with Crippen molar-refractivity contribution < 1.29 is 48.3 Å². The minimum absolute atomic E-state index is 0.00530. The van der Waals surface area contributed by atoms with E-state index >= 15 is 0 Å². The van der Waals surface area contributed by atoms with Gasteiger partial charge in [0, 0.05) is 67.7 Å². The van der Waals surface area contributed by atoms with Crippen molar-refractivity contribution in [3.05, 3.63) is 75.6 Å². The zero-order valence-electron chi connectivity index (χ0n) is 50.4. The fraction of sp³-hybridized carbons (Fsp3) is 0.565. The molecule has 87 heavy (non-hydrogen) atoms. The van der Waals surface area contributed by atoms with Gasteiger partial charge in [-0.1, -0.05) is 6.42 Å². The minimum Gasteiger partial charge on any atom is -0.507 e. The maximum absolute atomic E-state index is 13.8. The molecule has 3 amide bonds. The Morgan fingerprint density at radius 1 is 0.471 bits per heavy atom.